The molecular formula is C16H24N4O2. The Bertz CT molecular complexity index is 573. The monoisotopic (exact) mass is 304 g/mol. The number of hydrogen-bond donors (Lipinski definition) is 2. The van der Waals surface area contributed by atoms with Crippen molar-refractivity contribution in [3.8, 4) is 0 Å². The minimum Gasteiger partial charge on any atom is -0.469 e. The summed E-state index contributed by atoms with van der Waals surface area (Å²) in [6.07, 6.45) is 2.50. The van der Waals surface area contributed by atoms with E-state index in [4.69, 9.17) is 8.94 Å². The van der Waals surface area contributed by atoms with E-state index in [1.54, 1.807) is 6.26 Å². The lowest BCUT2D eigenvalue weighted by molar-refractivity contribution is 0.376. The molecule has 0 bridgehead atoms. The molecule has 0 aliphatic rings. The lowest BCUT2D eigenvalue weighted by Gasteiger charge is -2.09. The highest BCUT2D eigenvalue weighted by atomic mass is 16.5. The maximum absolute atomic E-state index is 5.31. The van der Waals surface area contributed by atoms with Crippen molar-refractivity contribution in [3.05, 3.63) is 41.7 Å². The van der Waals surface area contributed by atoms with Crippen LogP contribution in [0.4, 0.5) is 0 Å². The van der Waals surface area contributed by atoms with E-state index in [-0.39, 0.29) is 0 Å². The van der Waals surface area contributed by atoms with E-state index in [0.29, 0.717) is 12.5 Å². The molecule has 0 spiro atoms. The van der Waals surface area contributed by atoms with Gasteiger partial charge in [0.1, 0.15) is 12.3 Å². The molecule has 6 heteroatoms. The minimum absolute atomic E-state index is 0.362. The van der Waals surface area contributed by atoms with E-state index in [0.717, 1.165) is 42.7 Å². The van der Waals surface area contributed by atoms with Crippen molar-refractivity contribution in [3.63, 3.8) is 0 Å². The largest absolute Gasteiger partial charge is 0.469 e. The Kier molecular flexibility index (Phi) is 6.06. The standard InChI is InChI=1S/C16H24N4O2/c1-4-17-16(18-8-7-13-6-5-9-21-13)19-11-14-10-15(12(2)3)20-22-14/h5-6,9-10,12H,4,7-8,11H2,1-3H3,(H2,17,18,19). The number of hydrogen-bond acceptors (Lipinski definition) is 4. The second-order valence-corrected chi connectivity index (χ2v) is 5.32. The zero-order chi connectivity index (χ0) is 15.8. The Balaban J connectivity index is 1.85. The summed E-state index contributed by atoms with van der Waals surface area (Å²) in [5, 5.41) is 10.5. The van der Waals surface area contributed by atoms with Crippen LogP contribution >= 0.6 is 0 Å². The van der Waals surface area contributed by atoms with Crippen LogP contribution in [0.3, 0.4) is 0 Å². The van der Waals surface area contributed by atoms with Crippen molar-refractivity contribution < 1.29 is 8.94 Å². The molecule has 0 aromatic carbocycles. The number of furan rings is 1. The van der Waals surface area contributed by atoms with Gasteiger partial charge in [-0.2, -0.15) is 0 Å². The molecule has 2 N–H and O–H groups in total. The third-order valence-corrected chi connectivity index (χ3v) is 3.15. The van der Waals surface area contributed by atoms with Crippen LogP contribution in [0.15, 0.2) is 38.4 Å². The average molecular weight is 304 g/mol. The molecule has 0 saturated carbocycles. The number of rotatable bonds is 7. The van der Waals surface area contributed by atoms with Gasteiger partial charge in [0.15, 0.2) is 11.7 Å². The number of nitrogens with zero attached hydrogens (tertiary/aromatic N) is 2. The van der Waals surface area contributed by atoms with Crippen molar-refractivity contribution in [1.82, 2.24) is 15.8 Å². The molecule has 0 fully saturated rings. The third-order valence-electron chi connectivity index (χ3n) is 3.15. The van der Waals surface area contributed by atoms with Crippen molar-refractivity contribution in [2.45, 2.75) is 39.7 Å². The highest BCUT2D eigenvalue weighted by Crippen LogP contribution is 2.14. The van der Waals surface area contributed by atoms with Crippen molar-refractivity contribution in [1.29, 1.82) is 0 Å². The van der Waals surface area contributed by atoms with Gasteiger partial charge in [0.05, 0.1) is 12.0 Å². The van der Waals surface area contributed by atoms with Gasteiger partial charge in [-0.15, -0.1) is 0 Å². The third kappa shape index (κ3) is 4.95. The van der Waals surface area contributed by atoms with Gasteiger partial charge in [0.25, 0.3) is 0 Å². The van der Waals surface area contributed by atoms with Gasteiger partial charge in [-0.25, -0.2) is 4.99 Å². The van der Waals surface area contributed by atoms with Crippen molar-refractivity contribution in [2.75, 3.05) is 13.1 Å². The number of guanidine groups is 1. The second kappa shape index (κ2) is 8.26. The summed E-state index contributed by atoms with van der Waals surface area (Å²) >= 11 is 0. The Morgan fingerprint density at radius 3 is 2.82 bits per heavy atom. The fraction of sp³-hybridized carbons (Fsp3) is 0.500. The summed E-state index contributed by atoms with van der Waals surface area (Å²) in [7, 11) is 0. The molecule has 0 aliphatic heterocycles. The van der Waals surface area contributed by atoms with E-state index in [9.17, 15) is 0 Å². The lowest BCUT2D eigenvalue weighted by atomic mass is 10.1. The summed E-state index contributed by atoms with van der Waals surface area (Å²) in [6, 6.07) is 5.82. The quantitative estimate of drug-likeness (QED) is 0.607. The molecule has 0 amide bonds. The molecule has 0 atom stereocenters. The summed E-state index contributed by atoms with van der Waals surface area (Å²) in [6.45, 7) is 8.24. The molecule has 2 aromatic rings. The van der Waals surface area contributed by atoms with Crippen molar-refractivity contribution >= 4 is 5.96 Å². The Morgan fingerprint density at radius 1 is 1.32 bits per heavy atom. The fourth-order valence-corrected chi connectivity index (χ4v) is 1.93. The number of aromatic nitrogens is 1. The van der Waals surface area contributed by atoms with E-state index < -0.39 is 0 Å². The number of aliphatic imine (C=N–C) groups is 1. The predicted octanol–water partition coefficient (Wildman–Crippen LogP) is 2.69. The van der Waals surface area contributed by atoms with Gasteiger partial charge in [-0.3, -0.25) is 0 Å². The highest BCUT2D eigenvalue weighted by Gasteiger charge is 2.07. The first-order valence-corrected chi connectivity index (χ1v) is 7.69. The van der Waals surface area contributed by atoms with Gasteiger partial charge in [0, 0.05) is 25.6 Å². The van der Waals surface area contributed by atoms with Crippen molar-refractivity contribution in [2.24, 2.45) is 4.99 Å². The lowest BCUT2D eigenvalue weighted by Crippen LogP contribution is -2.38. The topological polar surface area (TPSA) is 75.6 Å². The molecule has 2 aromatic heterocycles. The molecule has 0 saturated heterocycles. The Morgan fingerprint density at radius 2 is 2.18 bits per heavy atom. The van der Waals surface area contributed by atoms with E-state index >= 15 is 0 Å². The number of nitrogens with one attached hydrogen (secondary N) is 2. The summed E-state index contributed by atoms with van der Waals surface area (Å²) in [5.41, 5.74) is 0.959. The van der Waals surface area contributed by atoms with E-state index in [1.165, 1.54) is 0 Å². The van der Waals surface area contributed by atoms with E-state index in [2.05, 4.69) is 34.6 Å². The van der Waals surface area contributed by atoms with Gasteiger partial charge in [-0.1, -0.05) is 19.0 Å². The average Bonchev–Trinajstić information content (AvgIpc) is 3.16. The molecule has 22 heavy (non-hydrogen) atoms. The van der Waals surface area contributed by atoms with E-state index in [1.807, 2.05) is 25.1 Å². The second-order valence-electron chi connectivity index (χ2n) is 5.32. The first kappa shape index (κ1) is 16.1. The van der Waals surface area contributed by atoms with Crippen LogP contribution < -0.4 is 10.6 Å². The molecule has 120 valence electrons. The summed E-state index contributed by atoms with van der Waals surface area (Å²) < 4.78 is 10.6. The molecule has 6 nitrogen and oxygen atoms in total. The Labute approximate surface area is 131 Å². The van der Waals surface area contributed by atoms with Crippen LogP contribution in [-0.2, 0) is 13.0 Å². The highest BCUT2D eigenvalue weighted by molar-refractivity contribution is 5.79. The molecule has 0 unspecified atom stereocenters. The van der Waals surface area contributed by atoms with Gasteiger partial charge >= 0.3 is 0 Å². The maximum Gasteiger partial charge on any atom is 0.191 e. The Hall–Kier alpha value is -2.24. The van der Waals surface area contributed by atoms with Crippen LogP contribution in [0.5, 0.6) is 0 Å². The smallest absolute Gasteiger partial charge is 0.191 e. The van der Waals surface area contributed by atoms with Crippen LogP contribution in [0.2, 0.25) is 0 Å². The first-order chi connectivity index (χ1) is 10.7. The molecule has 0 aliphatic carbocycles. The summed E-state index contributed by atoms with van der Waals surface area (Å²) in [4.78, 5) is 4.51. The fourth-order valence-electron chi connectivity index (χ4n) is 1.93. The van der Waals surface area contributed by atoms with Crippen LogP contribution in [0.25, 0.3) is 0 Å². The molecule has 2 rings (SSSR count). The van der Waals surface area contributed by atoms with Gasteiger partial charge < -0.3 is 19.6 Å². The van der Waals surface area contributed by atoms with Crippen LogP contribution in [-0.4, -0.2) is 24.2 Å². The predicted molar refractivity (Wildman–Crippen MR) is 85.8 cm³/mol. The zero-order valence-corrected chi connectivity index (χ0v) is 13.4. The normalized spacial score (nSPS) is 11.9. The maximum atomic E-state index is 5.31. The van der Waals surface area contributed by atoms with Crippen LogP contribution in [0, 0.1) is 0 Å². The zero-order valence-electron chi connectivity index (χ0n) is 13.4. The molecule has 0 radical (unpaired) electrons. The summed E-state index contributed by atoms with van der Waals surface area (Å²) in [5.74, 6) is 2.85. The van der Waals surface area contributed by atoms with Gasteiger partial charge in [0.2, 0.25) is 0 Å². The molecular weight excluding hydrogens is 280 g/mol. The van der Waals surface area contributed by atoms with Gasteiger partial charge in [-0.05, 0) is 25.0 Å². The molecule has 2 heterocycles. The SMILES string of the molecule is CCNC(=NCc1cc(C(C)C)no1)NCCc1ccco1. The van der Waals surface area contributed by atoms with Crippen LogP contribution in [0.1, 0.15) is 43.9 Å². The first-order valence-electron chi connectivity index (χ1n) is 7.69. The minimum atomic E-state index is 0.362.